The third-order valence-corrected chi connectivity index (χ3v) is 6.49. The van der Waals surface area contributed by atoms with Gasteiger partial charge in [-0.2, -0.15) is 0 Å². The normalized spacial score (nSPS) is 14.3. The lowest BCUT2D eigenvalue weighted by Gasteiger charge is -2.30. The van der Waals surface area contributed by atoms with Crippen molar-refractivity contribution >= 4 is 21.6 Å². The molecule has 0 spiro atoms. The van der Waals surface area contributed by atoms with Crippen LogP contribution < -0.4 is 13.8 Å². The van der Waals surface area contributed by atoms with E-state index in [0.29, 0.717) is 50.1 Å². The average molecular weight is 435 g/mol. The average Bonchev–Trinajstić information content (AvgIpc) is 2.78. The lowest BCUT2D eigenvalue weighted by Crippen LogP contribution is -2.47. The molecule has 8 nitrogen and oxygen atoms in total. The van der Waals surface area contributed by atoms with Gasteiger partial charge in [0.2, 0.25) is 5.91 Å². The predicted molar refractivity (Wildman–Crippen MR) is 113 cm³/mol. The molecular weight excluding hydrogens is 408 g/mol. The molecule has 2 aromatic rings. The van der Waals surface area contributed by atoms with E-state index in [1.807, 2.05) is 6.92 Å². The molecule has 1 amide bonds. The maximum Gasteiger partial charge on any atom is 0.264 e. The van der Waals surface area contributed by atoms with Crippen molar-refractivity contribution in [2.45, 2.75) is 11.8 Å². The van der Waals surface area contributed by atoms with Crippen LogP contribution in [0.2, 0.25) is 0 Å². The minimum absolute atomic E-state index is 0.0693. The summed E-state index contributed by atoms with van der Waals surface area (Å²) in [5.74, 6) is 0.796. The number of carbonyl (C=O) groups is 1. The molecule has 0 atom stereocenters. The Morgan fingerprint density at radius 1 is 1.10 bits per heavy atom. The molecule has 0 aromatic heterocycles. The third kappa shape index (κ3) is 5.03. The molecule has 0 radical (unpaired) electrons. The highest BCUT2D eigenvalue weighted by atomic mass is 32.2. The molecule has 9 heteroatoms. The second-order valence-corrected chi connectivity index (χ2v) is 8.47. The third-order valence-electron chi connectivity index (χ3n) is 4.71. The molecule has 2 aromatic carbocycles. The monoisotopic (exact) mass is 434 g/mol. The van der Waals surface area contributed by atoms with Crippen molar-refractivity contribution in [1.82, 2.24) is 4.90 Å². The van der Waals surface area contributed by atoms with Crippen molar-refractivity contribution in [3.8, 4) is 11.5 Å². The maximum atomic E-state index is 13.5. The zero-order valence-corrected chi connectivity index (χ0v) is 17.9. The first-order chi connectivity index (χ1) is 14.5. The summed E-state index contributed by atoms with van der Waals surface area (Å²) in [7, 11) is -2.49. The summed E-state index contributed by atoms with van der Waals surface area (Å²) >= 11 is 0. The summed E-state index contributed by atoms with van der Waals surface area (Å²) in [5, 5.41) is 0. The Morgan fingerprint density at radius 2 is 1.80 bits per heavy atom. The minimum Gasteiger partial charge on any atom is -0.497 e. The highest BCUT2D eigenvalue weighted by molar-refractivity contribution is 7.92. The van der Waals surface area contributed by atoms with Crippen LogP contribution in [0.15, 0.2) is 53.4 Å². The van der Waals surface area contributed by atoms with E-state index >= 15 is 0 Å². The van der Waals surface area contributed by atoms with Crippen molar-refractivity contribution in [3.05, 3.63) is 48.5 Å². The number of carbonyl (C=O) groups excluding carboxylic acids is 1. The molecule has 1 heterocycles. The van der Waals surface area contributed by atoms with Crippen LogP contribution >= 0.6 is 0 Å². The van der Waals surface area contributed by atoms with Crippen molar-refractivity contribution < 1.29 is 27.4 Å². The molecule has 1 aliphatic heterocycles. The number of anilines is 1. The SMILES string of the molecule is CCOc1cccc(N(CC(=O)N2CCOCC2)S(=O)(=O)c2ccc(OC)cc2)c1. The summed E-state index contributed by atoms with van der Waals surface area (Å²) in [6.07, 6.45) is 0. The topological polar surface area (TPSA) is 85.4 Å². The Morgan fingerprint density at radius 3 is 2.43 bits per heavy atom. The predicted octanol–water partition coefficient (Wildman–Crippen LogP) is 2.15. The van der Waals surface area contributed by atoms with E-state index in [-0.39, 0.29) is 17.3 Å². The number of hydrogen-bond donors (Lipinski definition) is 0. The van der Waals surface area contributed by atoms with Gasteiger partial charge < -0.3 is 19.1 Å². The molecule has 0 bridgehead atoms. The summed E-state index contributed by atoms with van der Waals surface area (Å²) in [6.45, 7) is 3.74. The number of morpholine rings is 1. The van der Waals surface area contributed by atoms with Crippen LogP contribution in [-0.2, 0) is 19.6 Å². The lowest BCUT2D eigenvalue weighted by molar-refractivity contribution is -0.133. The number of rotatable bonds is 8. The number of methoxy groups -OCH3 is 1. The quantitative estimate of drug-likeness (QED) is 0.633. The van der Waals surface area contributed by atoms with Crippen LogP contribution in [0.25, 0.3) is 0 Å². The molecule has 0 N–H and O–H groups in total. The van der Waals surface area contributed by atoms with Crippen molar-refractivity contribution in [3.63, 3.8) is 0 Å². The van der Waals surface area contributed by atoms with Gasteiger partial charge in [0.05, 0.1) is 37.5 Å². The first-order valence-corrected chi connectivity index (χ1v) is 11.1. The summed E-state index contributed by atoms with van der Waals surface area (Å²) in [4.78, 5) is 14.6. The summed E-state index contributed by atoms with van der Waals surface area (Å²) < 4.78 is 44.0. The van der Waals surface area contributed by atoms with E-state index in [9.17, 15) is 13.2 Å². The lowest BCUT2D eigenvalue weighted by atomic mass is 10.3. The number of amides is 1. The standard InChI is InChI=1S/C21H26N2O6S/c1-3-29-19-6-4-5-17(15-19)23(16-21(24)22-11-13-28-14-12-22)30(25,26)20-9-7-18(27-2)8-10-20/h4-10,15H,3,11-14,16H2,1-2H3. The fourth-order valence-electron chi connectivity index (χ4n) is 3.12. The van der Waals surface area contributed by atoms with Crippen LogP contribution in [0.1, 0.15) is 6.92 Å². The number of sulfonamides is 1. The molecule has 0 unspecified atom stereocenters. The highest BCUT2D eigenvalue weighted by Gasteiger charge is 2.30. The van der Waals surface area contributed by atoms with Gasteiger partial charge in [-0.1, -0.05) is 6.07 Å². The van der Waals surface area contributed by atoms with Gasteiger partial charge in [-0.3, -0.25) is 9.10 Å². The van der Waals surface area contributed by atoms with E-state index in [2.05, 4.69) is 0 Å². The summed E-state index contributed by atoms with van der Waals surface area (Å²) in [6, 6.07) is 12.8. The molecule has 162 valence electrons. The van der Waals surface area contributed by atoms with Crippen LogP contribution in [-0.4, -0.2) is 65.8 Å². The fraction of sp³-hybridized carbons (Fsp3) is 0.381. The van der Waals surface area contributed by atoms with Crippen molar-refractivity contribution in [2.24, 2.45) is 0 Å². The second-order valence-electron chi connectivity index (χ2n) is 6.61. The Kier molecular flexibility index (Phi) is 7.17. The van der Waals surface area contributed by atoms with Gasteiger partial charge >= 0.3 is 0 Å². The Labute approximate surface area is 177 Å². The van der Waals surface area contributed by atoms with Gasteiger partial charge in [0.15, 0.2) is 0 Å². The van der Waals surface area contributed by atoms with Crippen LogP contribution in [0.5, 0.6) is 11.5 Å². The molecular formula is C21H26N2O6S. The van der Waals surface area contributed by atoms with E-state index in [0.717, 1.165) is 4.31 Å². The minimum atomic E-state index is -4.00. The number of nitrogens with zero attached hydrogens (tertiary/aromatic N) is 2. The van der Waals surface area contributed by atoms with E-state index in [1.54, 1.807) is 41.3 Å². The number of ether oxygens (including phenoxy) is 3. The van der Waals surface area contributed by atoms with Gasteiger partial charge in [0.25, 0.3) is 10.0 Å². The molecule has 1 aliphatic rings. The van der Waals surface area contributed by atoms with E-state index < -0.39 is 10.0 Å². The van der Waals surface area contributed by atoms with Gasteiger partial charge in [0.1, 0.15) is 18.0 Å². The molecule has 0 aliphatic carbocycles. The molecule has 3 rings (SSSR count). The Balaban J connectivity index is 1.97. The van der Waals surface area contributed by atoms with Gasteiger partial charge in [0, 0.05) is 19.2 Å². The fourth-order valence-corrected chi connectivity index (χ4v) is 4.53. The summed E-state index contributed by atoms with van der Waals surface area (Å²) in [5.41, 5.74) is 0.360. The van der Waals surface area contributed by atoms with Crippen LogP contribution in [0.3, 0.4) is 0 Å². The smallest absolute Gasteiger partial charge is 0.264 e. The Bertz CT molecular complexity index is 956. The van der Waals surface area contributed by atoms with E-state index in [4.69, 9.17) is 14.2 Å². The van der Waals surface area contributed by atoms with Gasteiger partial charge in [-0.05, 0) is 43.3 Å². The first kappa shape index (κ1) is 21.9. The van der Waals surface area contributed by atoms with Crippen LogP contribution in [0.4, 0.5) is 5.69 Å². The van der Waals surface area contributed by atoms with Gasteiger partial charge in [-0.25, -0.2) is 8.42 Å². The second kappa shape index (κ2) is 9.82. The van der Waals surface area contributed by atoms with Crippen LogP contribution in [0, 0.1) is 0 Å². The molecule has 1 fully saturated rings. The maximum absolute atomic E-state index is 13.5. The number of benzene rings is 2. The number of hydrogen-bond acceptors (Lipinski definition) is 6. The molecule has 0 saturated carbocycles. The zero-order valence-electron chi connectivity index (χ0n) is 17.1. The van der Waals surface area contributed by atoms with Gasteiger partial charge in [-0.15, -0.1) is 0 Å². The molecule has 1 saturated heterocycles. The van der Waals surface area contributed by atoms with Crippen molar-refractivity contribution in [2.75, 3.05) is 50.9 Å². The largest absolute Gasteiger partial charge is 0.497 e. The molecule has 30 heavy (non-hydrogen) atoms. The van der Waals surface area contributed by atoms with Crippen molar-refractivity contribution in [1.29, 1.82) is 0 Å². The van der Waals surface area contributed by atoms with E-state index in [1.165, 1.54) is 19.2 Å². The highest BCUT2D eigenvalue weighted by Crippen LogP contribution is 2.28. The Hall–Kier alpha value is -2.78. The first-order valence-electron chi connectivity index (χ1n) is 9.71. The zero-order chi connectivity index (χ0) is 21.6.